The molecule has 0 aliphatic rings. The highest BCUT2D eigenvalue weighted by Gasteiger charge is 2.32. The summed E-state index contributed by atoms with van der Waals surface area (Å²) in [5.74, 6) is 0.0153. The Labute approximate surface area is 188 Å². The van der Waals surface area contributed by atoms with Crippen molar-refractivity contribution in [1.29, 1.82) is 0 Å². The fourth-order valence-electron chi connectivity index (χ4n) is 3.77. The van der Waals surface area contributed by atoms with E-state index < -0.39 is 12.0 Å². The molecular weight excluding hydrogens is 406 g/mol. The number of amides is 1. The maximum atomic E-state index is 12.9. The summed E-state index contributed by atoms with van der Waals surface area (Å²) in [5.41, 5.74) is 3.78. The maximum Gasteiger partial charge on any atom is 0.328 e. The Morgan fingerprint density at radius 1 is 1.06 bits per heavy atom. The van der Waals surface area contributed by atoms with Gasteiger partial charge in [-0.2, -0.15) is 5.21 Å². The van der Waals surface area contributed by atoms with E-state index in [1.54, 1.807) is 4.90 Å². The van der Waals surface area contributed by atoms with Gasteiger partial charge in [0.25, 0.3) is 0 Å². The summed E-state index contributed by atoms with van der Waals surface area (Å²) < 4.78 is 4.99. The molecule has 0 aliphatic carbocycles. The minimum absolute atomic E-state index is 0.0527. The van der Waals surface area contributed by atoms with Crippen LogP contribution in [-0.4, -0.2) is 50.6 Å². The van der Waals surface area contributed by atoms with Gasteiger partial charge in [0, 0.05) is 18.5 Å². The number of nitrogens with one attached hydrogen (secondary N) is 1. The molecule has 3 aromatic rings. The normalized spacial score (nSPS) is 11.9. The number of aromatic amines is 1. The average molecular weight is 436 g/mol. The van der Waals surface area contributed by atoms with Gasteiger partial charge >= 0.3 is 5.97 Å². The Morgan fingerprint density at radius 2 is 1.75 bits per heavy atom. The molecule has 8 nitrogen and oxygen atoms in total. The zero-order valence-electron chi connectivity index (χ0n) is 18.9. The number of carbonyl (C=O) groups excluding carboxylic acids is 2. The number of H-pyrrole nitrogens is 1. The molecule has 0 radical (unpaired) electrons. The lowest BCUT2D eigenvalue weighted by atomic mass is 9.97. The highest BCUT2D eigenvalue weighted by atomic mass is 16.5. The van der Waals surface area contributed by atoms with Crippen molar-refractivity contribution >= 4 is 11.9 Å². The summed E-state index contributed by atoms with van der Waals surface area (Å²) in [6.45, 7) is 6.13. The molecule has 1 N–H and O–H groups in total. The summed E-state index contributed by atoms with van der Waals surface area (Å²) in [6.07, 6.45) is 1.10. The number of methoxy groups -OCH3 is 1. The largest absolute Gasteiger partial charge is 0.467 e. The number of nitrogens with zero attached hydrogens (tertiary/aromatic N) is 4. The topological polar surface area (TPSA) is 101 Å². The van der Waals surface area contributed by atoms with Gasteiger partial charge in [-0.3, -0.25) is 4.79 Å². The first-order valence-corrected chi connectivity index (χ1v) is 10.8. The minimum Gasteiger partial charge on any atom is -0.467 e. The van der Waals surface area contributed by atoms with Crippen molar-refractivity contribution < 1.29 is 14.3 Å². The van der Waals surface area contributed by atoms with Crippen LogP contribution in [0.4, 0.5) is 0 Å². The summed E-state index contributed by atoms with van der Waals surface area (Å²) in [6, 6.07) is 15.2. The molecule has 0 spiro atoms. The zero-order chi connectivity index (χ0) is 23.1. The molecule has 0 saturated heterocycles. The van der Waals surface area contributed by atoms with Crippen molar-refractivity contribution in [3.8, 4) is 22.5 Å². The van der Waals surface area contributed by atoms with Gasteiger partial charge in [0.2, 0.25) is 11.7 Å². The molecule has 0 fully saturated rings. The maximum absolute atomic E-state index is 12.9. The molecular formula is C24H29N5O3. The molecule has 0 aliphatic heterocycles. The lowest BCUT2D eigenvalue weighted by Crippen LogP contribution is -2.48. The number of benzene rings is 2. The average Bonchev–Trinajstić information content (AvgIpc) is 3.34. The second kappa shape index (κ2) is 10.7. The molecule has 1 atom stereocenters. The van der Waals surface area contributed by atoms with Gasteiger partial charge < -0.3 is 9.64 Å². The lowest BCUT2D eigenvalue weighted by Gasteiger charge is -2.32. The van der Waals surface area contributed by atoms with Crippen LogP contribution in [0, 0.1) is 5.92 Å². The van der Waals surface area contributed by atoms with Crippen LogP contribution in [0.2, 0.25) is 0 Å². The second-order valence-electron chi connectivity index (χ2n) is 7.96. The Bertz CT molecular complexity index is 1030. The van der Waals surface area contributed by atoms with E-state index in [0.717, 1.165) is 22.3 Å². The summed E-state index contributed by atoms with van der Waals surface area (Å²) in [5, 5.41) is 14.3. The molecule has 32 heavy (non-hydrogen) atoms. The first-order valence-electron chi connectivity index (χ1n) is 10.8. The van der Waals surface area contributed by atoms with E-state index in [1.165, 1.54) is 7.11 Å². The van der Waals surface area contributed by atoms with E-state index in [4.69, 9.17) is 4.74 Å². The number of carbonyl (C=O) groups is 2. The monoisotopic (exact) mass is 435 g/mol. The first-order chi connectivity index (χ1) is 15.5. The number of hydrogen-bond acceptors (Lipinski definition) is 6. The zero-order valence-corrected chi connectivity index (χ0v) is 18.9. The highest BCUT2D eigenvalue weighted by molar-refractivity contribution is 5.85. The second-order valence-corrected chi connectivity index (χ2v) is 7.96. The van der Waals surface area contributed by atoms with E-state index in [-0.39, 0.29) is 11.8 Å². The molecule has 8 heteroatoms. The third-order valence-electron chi connectivity index (χ3n) is 5.33. The van der Waals surface area contributed by atoms with Gasteiger partial charge in [-0.1, -0.05) is 69.3 Å². The number of rotatable bonds is 9. The van der Waals surface area contributed by atoms with Crippen LogP contribution in [0.1, 0.15) is 39.2 Å². The van der Waals surface area contributed by atoms with Crippen LogP contribution in [0.3, 0.4) is 0 Å². The van der Waals surface area contributed by atoms with E-state index in [9.17, 15) is 9.59 Å². The van der Waals surface area contributed by atoms with Gasteiger partial charge in [0.15, 0.2) is 0 Å². The van der Waals surface area contributed by atoms with Crippen molar-refractivity contribution in [1.82, 2.24) is 25.5 Å². The van der Waals surface area contributed by atoms with Gasteiger partial charge in [-0.15, -0.1) is 10.2 Å². The smallest absolute Gasteiger partial charge is 0.328 e. The van der Waals surface area contributed by atoms with Gasteiger partial charge in [0.1, 0.15) is 6.04 Å². The number of hydrogen-bond donors (Lipinski definition) is 1. The fraction of sp³-hybridized carbons (Fsp3) is 0.375. The van der Waals surface area contributed by atoms with Gasteiger partial charge in [0.05, 0.1) is 7.11 Å². The summed E-state index contributed by atoms with van der Waals surface area (Å²) in [7, 11) is 1.36. The molecule has 0 unspecified atom stereocenters. The minimum atomic E-state index is -0.627. The van der Waals surface area contributed by atoms with Gasteiger partial charge in [-0.25, -0.2) is 4.79 Å². The number of aromatic nitrogens is 4. The predicted molar refractivity (Wildman–Crippen MR) is 121 cm³/mol. The standard InChI is InChI=1S/C24H29N5O3/c1-5-8-21(30)29(22(16(2)3)24(31)32-4)15-17-11-13-18(14-12-17)19-9-6-7-10-20(19)23-25-27-28-26-23/h6-7,9-14,16,22H,5,8,15H2,1-4H3,(H,25,26,27,28)/t22-/m0/s1. The molecule has 3 rings (SSSR count). The van der Waals surface area contributed by atoms with E-state index in [0.29, 0.717) is 25.2 Å². The van der Waals surface area contributed by atoms with E-state index >= 15 is 0 Å². The van der Waals surface area contributed by atoms with Gasteiger partial charge in [-0.05, 0) is 34.2 Å². The molecule has 0 bridgehead atoms. The van der Waals surface area contributed by atoms with Crippen molar-refractivity contribution in [3.05, 3.63) is 54.1 Å². The molecule has 168 valence electrons. The van der Waals surface area contributed by atoms with Crippen molar-refractivity contribution in [2.24, 2.45) is 5.92 Å². The molecule has 1 heterocycles. The lowest BCUT2D eigenvalue weighted by molar-refractivity contribution is -0.155. The molecule has 1 aromatic heterocycles. The SMILES string of the molecule is CCCC(=O)N(Cc1ccc(-c2ccccc2-c2nn[nH]n2)cc1)[C@H](C(=O)OC)C(C)C. The van der Waals surface area contributed by atoms with E-state index in [2.05, 4.69) is 20.6 Å². The number of esters is 1. The third-order valence-corrected chi connectivity index (χ3v) is 5.33. The van der Waals surface area contributed by atoms with Crippen LogP contribution in [0.15, 0.2) is 48.5 Å². The van der Waals surface area contributed by atoms with Crippen molar-refractivity contribution in [2.75, 3.05) is 7.11 Å². The summed E-state index contributed by atoms with van der Waals surface area (Å²) >= 11 is 0. The quantitative estimate of drug-likeness (QED) is 0.512. The number of tetrazole rings is 1. The van der Waals surface area contributed by atoms with Crippen LogP contribution in [0.5, 0.6) is 0 Å². The first kappa shape index (κ1) is 23.1. The fourth-order valence-corrected chi connectivity index (χ4v) is 3.77. The summed E-state index contributed by atoms with van der Waals surface area (Å²) in [4.78, 5) is 27.0. The molecule has 2 aromatic carbocycles. The van der Waals surface area contributed by atoms with Crippen molar-refractivity contribution in [2.45, 2.75) is 46.2 Å². The predicted octanol–water partition coefficient (Wildman–Crippen LogP) is 3.86. The van der Waals surface area contributed by atoms with Crippen LogP contribution in [0.25, 0.3) is 22.5 Å². The highest BCUT2D eigenvalue weighted by Crippen LogP contribution is 2.30. The van der Waals surface area contributed by atoms with Crippen LogP contribution < -0.4 is 0 Å². The molecule has 0 saturated carbocycles. The Kier molecular flexibility index (Phi) is 7.70. The third kappa shape index (κ3) is 5.19. The van der Waals surface area contributed by atoms with Crippen LogP contribution >= 0.6 is 0 Å². The van der Waals surface area contributed by atoms with Crippen molar-refractivity contribution in [3.63, 3.8) is 0 Å². The van der Waals surface area contributed by atoms with Crippen LogP contribution in [-0.2, 0) is 20.9 Å². The Morgan fingerprint density at radius 3 is 2.31 bits per heavy atom. The number of ether oxygens (including phenoxy) is 1. The molecule has 1 amide bonds. The Balaban J connectivity index is 1.89. The Hall–Kier alpha value is -3.55. The van der Waals surface area contributed by atoms with E-state index in [1.807, 2.05) is 69.3 Å².